The van der Waals surface area contributed by atoms with Crippen LogP contribution in [-0.2, 0) is 28.6 Å². The van der Waals surface area contributed by atoms with Gasteiger partial charge in [0, 0.05) is 19.3 Å². The number of hydrogen-bond donors (Lipinski definition) is 0. The topological polar surface area (TPSA) is 78.9 Å². The molecule has 0 aliphatic carbocycles. The third-order valence-corrected chi connectivity index (χ3v) is 14.7. The zero-order valence-electron chi connectivity index (χ0n) is 53.7. The number of unbranched alkanes of at least 4 members (excludes halogenated alkanes) is 31. The van der Waals surface area contributed by atoms with Gasteiger partial charge in [-0.25, -0.2) is 0 Å². The molecule has 468 valence electrons. The zero-order valence-corrected chi connectivity index (χ0v) is 53.7. The smallest absolute Gasteiger partial charge is 0.306 e. The zero-order chi connectivity index (χ0) is 59.2. The van der Waals surface area contributed by atoms with Gasteiger partial charge in [-0.1, -0.05) is 296 Å². The average molecular weight is 1140 g/mol. The highest BCUT2D eigenvalue weighted by molar-refractivity contribution is 5.71. The van der Waals surface area contributed by atoms with Gasteiger partial charge in [-0.05, 0) is 128 Å². The number of hydrogen-bond acceptors (Lipinski definition) is 6. The Balaban J connectivity index is 4.29. The van der Waals surface area contributed by atoms with Crippen molar-refractivity contribution in [3.63, 3.8) is 0 Å². The molecule has 0 N–H and O–H groups in total. The van der Waals surface area contributed by atoms with Crippen molar-refractivity contribution >= 4 is 17.9 Å². The second-order valence-electron chi connectivity index (χ2n) is 22.7. The van der Waals surface area contributed by atoms with Crippen LogP contribution in [0.1, 0.15) is 323 Å². The third kappa shape index (κ3) is 66.6. The quantitative estimate of drug-likeness (QED) is 0.0261. The third-order valence-electron chi connectivity index (χ3n) is 14.7. The SMILES string of the molecule is CC/C=C\C/C=C\C/C=C\C/C=C\C/C=C\CCCCCCCCCCCCCCCCCC(=O)OCC(COC(=O)CCCC/C=C\C/C=C\C/C=C\C/C=C\CC)OC(=O)CCCCCCCCC/C=C\CCCCCCCCC. The lowest BCUT2D eigenvalue weighted by Gasteiger charge is -2.18. The van der Waals surface area contributed by atoms with Crippen molar-refractivity contribution in [1.29, 1.82) is 0 Å². The Morgan fingerprint density at radius 1 is 0.256 bits per heavy atom. The highest BCUT2D eigenvalue weighted by atomic mass is 16.6. The number of allylic oxidation sites excluding steroid dienone is 20. The molecule has 0 aromatic rings. The van der Waals surface area contributed by atoms with Crippen LogP contribution in [0.15, 0.2) is 122 Å². The van der Waals surface area contributed by atoms with E-state index in [1.54, 1.807) is 0 Å². The average Bonchev–Trinajstić information content (AvgIpc) is 3.47. The molecule has 82 heavy (non-hydrogen) atoms. The fourth-order valence-electron chi connectivity index (χ4n) is 9.57. The summed E-state index contributed by atoms with van der Waals surface area (Å²) >= 11 is 0. The minimum Gasteiger partial charge on any atom is -0.462 e. The number of carbonyl (C=O) groups is 3. The maximum absolute atomic E-state index is 12.9. The van der Waals surface area contributed by atoms with E-state index in [2.05, 4.69) is 142 Å². The molecule has 0 aromatic carbocycles. The molecule has 0 radical (unpaired) electrons. The van der Waals surface area contributed by atoms with Gasteiger partial charge in [0.15, 0.2) is 6.10 Å². The van der Waals surface area contributed by atoms with Gasteiger partial charge in [0.1, 0.15) is 13.2 Å². The maximum Gasteiger partial charge on any atom is 0.306 e. The van der Waals surface area contributed by atoms with Gasteiger partial charge in [0.2, 0.25) is 0 Å². The standard InChI is InChI=1S/C76H128O6/c1-4-7-10-13-16-19-22-25-28-30-32-33-34-35-36-37-38-39-40-41-42-43-44-46-48-51-54-57-60-63-66-69-75(78)81-72-73(71-80-74(77)68-65-62-59-56-53-50-47-27-24-21-18-15-12-9-6-3)82-76(79)70-67-64-61-58-55-52-49-45-31-29-26-23-20-17-14-11-8-5-2/h7,9-10,12,16,18-19,21,25,27-29,31-33,35-36,47,53,56,73H,4-6,8,11,13-15,17,20,22-24,26,30,34,37-46,48-52,54-55,57-72H2,1-3H3/b10-7-,12-9-,19-16-,21-18-,28-25-,31-29-,33-32-,36-35-,47-27-,56-53-. The predicted molar refractivity (Wildman–Crippen MR) is 357 cm³/mol. The van der Waals surface area contributed by atoms with Crippen LogP contribution in [0.5, 0.6) is 0 Å². The monoisotopic (exact) mass is 1140 g/mol. The Hall–Kier alpha value is -4.19. The second-order valence-corrected chi connectivity index (χ2v) is 22.7. The highest BCUT2D eigenvalue weighted by Gasteiger charge is 2.19. The fourth-order valence-corrected chi connectivity index (χ4v) is 9.57. The van der Waals surface area contributed by atoms with Crippen molar-refractivity contribution in [2.24, 2.45) is 0 Å². The van der Waals surface area contributed by atoms with E-state index in [-0.39, 0.29) is 31.1 Å². The molecule has 0 saturated carbocycles. The Labute approximate surface area is 507 Å². The number of carbonyl (C=O) groups excluding carboxylic acids is 3. The van der Waals surface area contributed by atoms with E-state index < -0.39 is 6.10 Å². The van der Waals surface area contributed by atoms with Crippen molar-refractivity contribution in [2.75, 3.05) is 13.2 Å². The Kier molecular flexibility index (Phi) is 65.8. The summed E-state index contributed by atoms with van der Waals surface area (Å²) in [6.07, 6.45) is 96.6. The summed E-state index contributed by atoms with van der Waals surface area (Å²) in [6.45, 7) is 6.40. The van der Waals surface area contributed by atoms with Crippen LogP contribution in [0, 0.1) is 0 Å². The molecule has 0 bridgehead atoms. The molecule has 0 aliphatic heterocycles. The first-order valence-corrected chi connectivity index (χ1v) is 34.5. The maximum atomic E-state index is 12.9. The van der Waals surface area contributed by atoms with E-state index in [0.29, 0.717) is 19.3 Å². The van der Waals surface area contributed by atoms with Gasteiger partial charge in [-0.15, -0.1) is 0 Å². The summed E-state index contributed by atoms with van der Waals surface area (Å²) in [5, 5.41) is 0. The van der Waals surface area contributed by atoms with Crippen LogP contribution in [0.3, 0.4) is 0 Å². The van der Waals surface area contributed by atoms with E-state index in [9.17, 15) is 14.4 Å². The minimum atomic E-state index is -0.800. The van der Waals surface area contributed by atoms with Gasteiger partial charge in [-0.2, -0.15) is 0 Å². The van der Waals surface area contributed by atoms with Crippen LogP contribution in [0.4, 0.5) is 0 Å². The molecule has 6 heteroatoms. The van der Waals surface area contributed by atoms with Crippen LogP contribution in [0.25, 0.3) is 0 Å². The van der Waals surface area contributed by atoms with Crippen LogP contribution >= 0.6 is 0 Å². The van der Waals surface area contributed by atoms with Gasteiger partial charge < -0.3 is 14.2 Å². The normalized spacial score (nSPS) is 12.9. The molecular formula is C76H128O6. The summed E-state index contributed by atoms with van der Waals surface area (Å²) in [6, 6.07) is 0. The first kappa shape index (κ1) is 77.8. The van der Waals surface area contributed by atoms with E-state index in [4.69, 9.17) is 14.2 Å². The van der Waals surface area contributed by atoms with Gasteiger partial charge in [0.25, 0.3) is 0 Å². The Bertz CT molecular complexity index is 1690. The fraction of sp³-hybridized carbons (Fsp3) is 0.697. The summed E-state index contributed by atoms with van der Waals surface area (Å²) < 4.78 is 16.9. The molecule has 0 amide bonds. The summed E-state index contributed by atoms with van der Waals surface area (Å²) in [7, 11) is 0. The number of ether oxygens (including phenoxy) is 3. The van der Waals surface area contributed by atoms with Crippen molar-refractivity contribution in [1.82, 2.24) is 0 Å². The molecule has 0 aromatic heterocycles. The van der Waals surface area contributed by atoms with Gasteiger partial charge in [-0.3, -0.25) is 14.4 Å². The van der Waals surface area contributed by atoms with Crippen LogP contribution < -0.4 is 0 Å². The first-order valence-electron chi connectivity index (χ1n) is 34.5. The molecule has 1 unspecified atom stereocenters. The molecule has 0 heterocycles. The summed E-state index contributed by atoms with van der Waals surface area (Å²) in [5.41, 5.74) is 0. The van der Waals surface area contributed by atoms with Gasteiger partial charge >= 0.3 is 17.9 Å². The molecule has 1 atom stereocenters. The Morgan fingerprint density at radius 2 is 0.476 bits per heavy atom. The second kappa shape index (κ2) is 69.3. The molecule has 6 nitrogen and oxygen atoms in total. The molecule has 0 fully saturated rings. The lowest BCUT2D eigenvalue weighted by Crippen LogP contribution is -2.30. The summed E-state index contributed by atoms with van der Waals surface area (Å²) in [5.74, 6) is -0.931. The van der Waals surface area contributed by atoms with Crippen molar-refractivity contribution in [3.05, 3.63) is 122 Å². The summed E-state index contributed by atoms with van der Waals surface area (Å²) in [4.78, 5) is 38.4. The molecule has 0 spiro atoms. The lowest BCUT2D eigenvalue weighted by atomic mass is 10.0. The van der Waals surface area contributed by atoms with Gasteiger partial charge in [0.05, 0.1) is 0 Å². The van der Waals surface area contributed by atoms with E-state index >= 15 is 0 Å². The van der Waals surface area contributed by atoms with Crippen LogP contribution in [0.2, 0.25) is 0 Å². The van der Waals surface area contributed by atoms with Crippen molar-refractivity contribution in [2.45, 2.75) is 329 Å². The minimum absolute atomic E-state index is 0.0928. The number of esters is 3. The van der Waals surface area contributed by atoms with E-state index in [1.807, 2.05) is 0 Å². The van der Waals surface area contributed by atoms with Crippen molar-refractivity contribution < 1.29 is 28.6 Å². The number of rotatable bonds is 62. The largest absolute Gasteiger partial charge is 0.462 e. The molecular weight excluding hydrogens is 1010 g/mol. The van der Waals surface area contributed by atoms with E-state index in [1.165, 1.54) is 167 Å². The van der Waals surface area contributed by atoms with Crippen LogP contribution in [-0.4, -0.2) is 37.2 Å². The highest BCUT2D eigenvalue weighted by Crippen LogP contribution is 2.17. The van der Waals surface area contributed by atoms with Crippen molar-refractivity contribution in [3.8, 4) is 0 Å². The lowest BCUT2D eigenvalue weighted by molar-refractivity contribution is -0.167. The Morgan fingerprint density at radius 3 is 0.780 bits per heavy atom. The molecule has 0 rings (SSSR count). The van der Waals surface area contributed by atoms with E-state index in [0.717, 1.165) is 116 Å². The molecule has 0 saturated heterocycles. The first-order chi connectivity index (χ1) is 40.5. The molecule has 0 aliphatic rings. The predicted octanol–water partition coefficient (Wildman–Crippen LogP) is 23.9.